The van der Waals surface area contributed by atoms with Crippen molar-refractivity contribution in [1.82, 2.24) is 20.0 Å². The van der Waals surface area contributed by atoms with Crippen molar-refractivity contribution in [3.63, 3.8) is 0 Å². The van der Waals surface area contributed by atoms with Crippen molar-refractivity contribution in [3.8, 4) is 0 Å². The lowest BCUT2D eigenvalue weighted by Gasteiger charge is -2.30. The summed E-state index contributed by atoms with van der Waals surface area (Å²) in [6.45, 7) is 3.83. The number of hydrogen-bond donors (Lipinski definition) is 2. The van der Waals surface area contributed by atoms with E-state index >= 15 is 0 Å². The van der Waals surface area contributed by atoms with Gasteiger partial charge >= 0.3 is 0 Å². The van der Waals surface area contributed by atoms with Gasteiger partial charge in [-0.3, -0.25) is 14.3 Å². The Bertz CT molecular complexity index is 814. The van der Waals surface area contributed by atoms with Crippen LogP contribution in [-0.4, -0.2) is 58.8 Å². The van der Waals surface area contributed by atoms with E-state index in [1.165, 1.54) is 0 Å². The van der Waals surface area contributed by atoms with E-state index in [4.69, 9.17) is 4.74 Å². The zero-order valence-corrected chi connectivity index (χ0v) is 15.1. The molecule has 0 bridgehead atoms. The van der Waals surface area contributed by atoms with Gasteiger partial charge in [-0.25, -0.2) is 0 Å². The maximum atomic E-state index is 12.6. The zero-order valence-electron chi connectivity index (χ0n) is 15.1. The molecule has 2 amide bonds. The highest BCUT2D eigenvalue weighted by molar-refractivity contribution is 6.02. The first kappa shape index (κ1) is 17.7. The van der Waals surface area contributed by atoms with Crippen LogP contribution in [0.25, 0.3) is 0 Å². The standard InChI is InChI=1S/C19H23N5O3/c25-18(11-16-12-20-6-9-27-16)23-7-8-24-15(13-23)10-17(22-24)19(26)21-14-4-2-1-3-5-14/h1-5,10,16,20H,6-9,11-13H2,(H,21,26). The van der Waals surface area contributed by atoms with E-state index < -0.39 is 0 Å². The smallest absolute Gasteiger partial charge is 0.276 e. The number of para-hydroxylation sites is 1. The summed E-state index contributed by atoms with van der Waals surface area (Å²) in [4.78, 5) is 26.8. The van der Waals surface area contributed by atoms with Crippen LogP contribution in [0.4, 0.5) is 5.69 Å². The molecule has 27 heavy (non-hydrogen) atoms. The summed E-state index contributed by atoms with van der Waals surface area (Å²) in [5, 5.41) is 10.5. The van der Waals surface area contributed by atoms with Gasteiger partial charge in [0.1, 0.15) is 0 Å². The topological polar surface area (TPSA) is 88.5 Å². The van der Waals surface area contributed by atoms with E-state index in [-0.39, 0.29) is 17.9 Å². The first-order chi connectivity index (χ1) is 13.2. The monoisotopic (exact) mass is 369 g/mol. The Hall–Kier alpha value is -2.71. The highest BCUT2D eigenvalue weighted by Gasteiger charge is 2.26. The molecule has 1 fully saturated rings. The van der Waals surface area contributed by atoms with Crippen LogP contribution in [0.5, 0.6) is 0 Å². The fourth-order valence-electron chi connectivity index (χ4n) is 3.38. The minimum absolute atomic E-state index is 0.0645. The molecule has 1 aromatic heterocycles. The van der Waals surface area contributed by atoms with Gasteiger partial charge in [-0.05, 0) is 18.2 Å². The van der Waals surface area contributed by atoms with Gasteiger partial charge in [0.05, 0.1) is 37.9 Å². The number of nitrogens with one attached hydrogen (secondary N) is 2. The molecule has 1 saturated heterocycles. The molecule has 0 radical (unpaired) electrons. The third-order valence-electron chi connectivity index (χ3n) is 4.82. The van der Waals surface area contributed by atoms with Gasteiger partial charge in [0.2, 0.25) is 5.91 Å². The molecule has 8 heteroatoms. The number of benzene rings is 1. The van der Waals surface area contributed by atoms with E-state index in [9.17, 15) is 9.59 Å². The Morgan fingerprint density at radius 2 is 2.11 bits per heavy atom. The molecule has 0 spiro atoms. The van der Waals surface area contributed by atoms with Crippen molar-refractivity contribution < 1.29 is 14.3 Å². The Morgan fingerprint density at radius 1 is 1.26 bits per heavy atom. The molecular weight excluding hydrogens is 346 g/mol. The third-order valence-corrected chi connectivity index (χ3v) is 4.82. The number of amides is 2. The highest BCUT2D eigenvalue weighted by atomic mass is 16.5. The Kier molecular flexibility index (Phi) is 5.17. The number of ether oxygens (including phenoxy) is 1. The van der Waals surface area contributed by atoms with Crippen molar-refractivity contribution in [3.05, 3.63) is 47.8 Å². The summed E-state index contributed by atoms with van der Waals surface area (Å²) >= 11 is 0. The van der Waals surface area contributed by atoms with E-state index in [1.54, 1.807) is 6.07 Å². The summed E-state index contributed by atoms with van der Waals surface area (Å²) in [6, 6.07) is 11.0. The highest BCUT2D eigenvalue weighted by Crippen LogP contribution is 2.17. The molecule has 2 aliphatic rings. The molecule has 0 aliphatic carbocycles. The molecule has 3 heterocycles. The lowest BCUT2D eigenvalue weighted by Crippen LogP contribution is -2.44. The lowest BCUT2D eigenvalue weighted by molar-refractivity contribution is -0.136. The average molecular weight is 369 g/mol. The van der Waals surface area contributed by atoms with Crippen LogP contribution in [0, 0.1) is 0 Å². The van der Waals surface area contributed by atoms with Crippen molar-refractivity contribution in [2.24, 2.45) is 0 Å². The van der Waals surface area contributed by atoms with Gasteiger partial charge in [-0.1, -0.05) is 18.2 Å². The summed E-state index contributed by atoms with van der Waals surface area (Å²) < 4.78 is 7.43. The number of anilines is 1. The number of morpholine rings is 1. The normalized spacial score (nSPS) is 19.4. The number of carbonyl (C=O) groups is 2. The second-order valence-electron chi connectivity index (χ2n) is 6.78. The summed E-state index contributed by atoms with van der Waals surface area (Å²) in [5.41, 5.74) is 1.96. The minimum atomic E-state index is -0.248. The summed E-state index contributed by atoms with van der Waals surface area (Å²) in [7, 11) is 0. The Morgan fingerprint density at radius 3 is 2.89 bits per heavy atom. The van der Waals surface area contributed by atoms with E-state index in [1.807, 2.05) is 39.9 Å². The number of carbonyl (C=O) groups excluding carboxylic acids is 2. The fourth-order valence-corrected chi connectivity index (χ4v) is 3.38. The quantitative estimate of drug-likeness (QED) is 0.834. The van der Waals surface area contributed by atoms with Crippen LogP contribution in [0.3, 0.4) is 0 Å². The number of nitrogens with zero attached hydrogens (tertiary/aromatic N) is 3. The number of aromatic nitrogens is 2. The van der Waals surface area contributed by atoms with Crippen LogP contribution in [0.15, 0.2) is 36.4 Å². The third kappa shape index (κ3) is 4.17. The molecule has 2 N–H and O–H groups in total. The van der Waals surface area contributed by atoms with Gasteiger partial charge in [-0.15, -0.1) is 0 Å². The zero-order chi connectivity index (χ0) is 18.6. The summed E-state index contributed by atoms with van der Waals surface area (Å²) in [6.07, 6.45) is 0.313. The van der Waals surface area contributed by atoms with Crippen molar-refractivity contribution in [2.45, 2.75) is 25.6 Å². The largest absolute Gasteiger partial charge is 0.375 e. The predicted octanol–water partition coefficient (Wildman–Crippen LogP) is 0.856. The van der Waals surface area contributed by atoms with Gasteiger partial charge in [0.15, 0.2) is 5.69 Å². The van der Waals surface area contributed by atoms with Crippen molar-refractivity contribution >= 4 is 17.5 Å². The second kappa shape index (κ2) is 7.89. The molecule has 0 saturated carbocycles. The molecule has 4 rings (SSSR count). The first-order valence-electron chi connectivity index (χ1n) is 9.22. The van der Waals surface area contributed by atoms with Crippen LogP contribution < -0.4 is 10.6 Å². The maximum absolute atomic E-state index is 12.6. The molecule has 8 nitrogen and oxygen atoms in total. The molecule has 1 atom stereocenters. The van der Waals surface area contributed by atoms with Crippen LogP contribution in [-0.2, 0) is 22.6 Å². The number of fused-ring (bicyclic) bond motifs is 1. The molecule has 142 valence electrons. The maximum Gasteiger partial charge on any atom is 0.276 e. The lowest BCUT2D eigenvalue weighted by atomic mass is 10.2. The van der Waals surface area contributed by atoms with Gasteiger partial charge in [0.25, 0.3) is 5.91 Å². The molecule has 1 unspecified atom stereocenters. The molecular formula is C19H23N5O3. The molecule has 2 aromatic rings. The molecule has 1 aromatic carbocycles. The minimum Gasteiger partial charge on any atom is -0.375 e. The first-order valence-corrected chi connectivity index (χ1v) is 9.22. The SMILES string of the molecule is O=C(Nc1ccccc1)c1cc2n(n1)CCN(C(=O)CC1CNCCO1)C2. The van der Waals surface area contributed by atoms with Crippen molar-refractivity contribution in [1.29, 1.82) is 0 Å². The van der Waals surface area contributed by atoms with E-state index in [0.29, 0.717) is 44.9 Å². The number of hydrogen-bond acceptors (Lipinski definition) is 5. The van der Waals surface area contributed by atoms with Gasteiger partial charge in [0, 0.05) is 25.3 Å². The van der Waals surface area contributed by atoms with Crippen LogP contribution >= 0.6 is 0 Å². The van der Waals surface area contributed by atoms with Crippen molar-refractivity contribution in [2.75, 3.05) is 31.6 Å². The summed E-state index contributed by atoms with van der Waals surface area (Å²) in [5.74, 6) is -0.172. The fraction of sp³-hybridized carbons (Fsp3) is 0.421. The van der Waals surface area contributed by atoms with Gasteiger partial charge in [-0.2, -0.15) is 5.10 Å². The van der Waals surface area contributed by atoms with Gasteiger partial charge < -0.3 is 20.3 Å². The molecule has 2 aliphatic heterocycles. The van der Waals surface area contributed by atoms with Crippen LogP contribution in [0.2, 0.25) is 0 Å². The van der Waals surface area contributed by atoms with E-state index in [2.05, 4.69) is 15.7 Å². The van der Waals surface area contributed by atoms with Crippen LogP contribution in [0.1, 0.15) is 22.6 Å². The predicted molar refractivity (Wildman–Crippen MR) is 99.3 cm³/mol. The Labute approximate surface area is 157 Å². The Balaban J connectivity index is 1.38. The second-order valence-corrected chi connectivity index (χ2v) is 6.78. The van der Waals surface area contributed by atoms with E-state index in [0.717, 1.165) is 17.9 Å². The number of rotatable bonds is 4. The average Bonchev–Trinajstić information content (AvgIpc) is 3.13.